The summed E-state index contributed by atoms with van der Waals surface area (Å²) < 4.78 is 87.2. The Labute approximate surface area is 266 Å². The predicted molar refractivity (Wildman–Crippen MR) is 164 cm³/mol. The zero-order chi connectivity index (χ0) is 34.2. The summed E-state index contributed by atoms with van der Waals surface area (Å²) in [5.74, 6) is 0.695. The van der Waals surface area contributed by atoms with E-state index in [4.69, 9.17) is 10.1 Å². The molecule has 2 aromatic rings. The molecule has 0 radical (unpaired) electrons. The third kappa shape index (κ3) is 7.11. The van der Waals surface area contributed by atoms with Gasteiger partial charge in [-0.05, 0) is 64.4 Å². The Hall–Kier alpha value is -3.03. The summed E-state index contributed by atoms with van der Waals surface area (Å²) in [6.07, 6.45) is -11.2. The van der Waals surface area contributed by atoms with Crippen LogP contribution in [0.15, 0.2) is 42.5 Å². The molecule has 2 saturated heterocycles. The summed E-state index contributed by atoms with van der Waals surface area (Å²) in [5, 5.41) is 14.8. The molecule has 3 atom stereocenters. The molecule has 1 N–H and O–H groups in total. The molecule has 0 spiro atoms. The van der Waals surface area contributed by atoms with Gasteiger partial charge in [-0.25, -0.2) is 0 Å². The Morgan fingerprint density at radius 3 is 2.22 bits per heavy atom. The van der Waals surface area contributed by atoms with Gasteiger partial charge in [-0.2, -0.15) is 26.3 Å². The van der Waals surface area contributed by atoms with Gasteiger partial charge in [0.25, 0.3) is 5.60 Å². The molecule has 7 nitrogen and oxygen atoms in total. The summed E-state index contributed by atoms with van der Waals surface area (Å²) in [4.78, 5) is 19.2. The van der Waals surface area contributed by atoms with Gasteiger partial charge in [0.2, 0.25) is 5.91 Å². The van der Waals surface area contributed by atoms with E-state index in [1.807, 2.05) is 68.7 Å². The molecule has 46 heavy (non-hydrogen) atoms. The van der Waals surface area contributed by atoms with Gasteiger partial charge in [0.05, 0.1) is 12.6 Å². The molecule has 13 heteroatoms. The van der Waals surface area contributed by atoms with E-state index < -0.39 is 29.1 Å². The van der Waals surface area contributed by atoms with E-state index in [9.17, 15) is 36.2 Å². The van der Waals surface area contributed by atoms with Crippen LogP contribution >= 0.6 is 0 Å². The van der Waals surface area contributed by atoms with Crippen LogP contribution in [0.5, 0.6) is 5.75 Å². The summed E-state index contributed by atoms with van der Waals surface area (Å²) in [6, 6.07) is 9.99. The minimum Gasteiger partial charge on any atom is -0.640 e. The first-order chi connectivity index (χ1) is 21.3. The monoisotopic (exact) mass is 657 g/mol. The Morgan fingerprint density at radius 1 is 1.02 bits per heavy atom. The van der Waals surface area contributed by atoms with Crippen LogP contribution in [0.3, 0.4) is 0 Å². The zero-order valence-electron chi connectivity index (χ0n) is 27.0. The molecule has 2 aliphatic rings. The maximum atomic E-state index is 13.6. The molecule has 0 bridgehead atoms. The van der Waals surface area contributed by atoms with Crippen LogP contribution in [-0.4, -0.2) is 84.2 Å². The van der Waals surface area contributed by atoms with Crippen molar-refractivity contribution in [2.75, 3.05) is 37.7 Å². The second-order valence-corrected chi connectivity index (χ2v) is 12.9. The van der Waals surface area contributed by atoms with Gasteiger partial charge in [-0.15, -0.1) is 0 Å². The minimum atomic E-state index is -5.96. The summed E-state index contributed by atoms with van der Waals surface area (Å²) in [7, 11) is 0. The third-order valence-electron chi connectivity index (χ3n) is 8.81. The second-order valence-electron chi connectivity index (χ2n) is 12.9. The Morgan fingerprint density at radius 2 is 1.65 bits per heavy atom. The van der Waals surface area contributed by atoms with Gasteiger partial charge in [0, 0.05) is 36.4 Å². The van der Waals surface area contributed by atoms with E-state index in [2.05, 4.69) is 0 Å². The fraction of sp³-hybridized carbons (Fsp3) is 0.606. The number of hydrogen-bond acceptors (Lipinski definition) is 5. The van der Waals surface area contributed by atoms with Crippen molar-refractivity contribution in [3.8, 4) is 5.75 Å². The van der Waals surface area contributed by atoms with Crippen LogP contribution in [0.25, 0.3) is 5.32 Å². The summed E-state index contributed by atoms with van der Waals surface area (Å²) >= 11 is 0. The number of aryl methyl sites for hydroxylation is 1. The number of hydrogen-bond donors (Lipinski definition) is 1. The lowest BCUT2D eigenvalue weighted by atomic mass is 9.89. The van der Waals surface area contributed by atoms with E-state index >= 15 is 0 Å². The van der Waals surface area contributed by atoms with Crippen LogP contribution in [0.1, 0.15) is 64.7 Å². The van der Waals surface area contributed by atoms with Gasteiger partial charge in [-0.1, -0.05) is 62.3 Å². The molecule has 256 valence electrons. The molecule has 0 saturated carbocycles. The number of alkyl halides is 6. The van der Waals surface area contributed by atoms with Crippen LogP contribution in [-0.2, 0) is 22.4 Å². The molecule has 0 aromatic heterocycles. The highest BCUT2D eigenvalue weighted by atomic mass is 19.4. The highest BCUT2D eigenvalue weighted by molar-refractivity contribution is 5.79. The van der Waals surface area contributed by atoms with Crippen molar-refractivity contribution in [1.82, 2.24) is 9.80 Å². The second kappa shape index (κ2) is 13.2. The van der Waals surface area contributed by atoms with Crippen molar-refractivity contribution < 1.29 is 41.0 Å². The largest absolute Gasteiger partial charge is 0.640 e. The average Bonchev–Trinajstić information content (AvgIpc) is 3.33. The van der Waals surface area contributed by atoms with Crippen molar-refractivity contribution >= 4 is 11.6 Å². The third-order valence-corrected chi connectivity index (χ3v) is 8.81. The molecular formula is C33H43F6N4O3-. The van der Waals surface area contributed by atoms with E-state index in [-0.39, 0.29) is 42.6 Å². The van der Waals surface area contributed by atoms with Gasteiger partial charge < -0.3 is 29.9 Å². The number of aliphatic hydroxyl groups is 1. The SMILES string of the molecule is CCCc1cc(C(O)(C(F)(F)F)C(F)(F)F)ccc1N1C[C@H](C)N(C(=O)CN2C[N-][C@](C)(c3ccc(OC(C)C)cc3)C2)CC1C. The molecule has 2 aliphatic heterocycles. The van der Waals surface area contributed by atoms with Crippen molar-refractivity contribution in [1.29, 1.82) is 0 Å². The topological polar surface area (TPSA) is 70.4 Å². The number of anilines is 1. The summed E-state index contributed by atoms with van der Waals surface area (Å²) in [5.41, 5.74) is -4.96. The number of rotatable bonds is 9. The Balaban J connectivity index is 1.46. The molecule has 0 aliphatic carbocycles. The van der Waals surface area contributed by atoms with Gasteiger partial charge in [-0.3, -0.25) is 4.79 Å². The lowest BCUT2D eigenvalue weighted by Gasteiger charge is -2.46. The van der Waals surface area contributed by atoms with Crippen LogP contribution in [0.2, 0.25) is 0 Å². The van der Waals surface area contributed by atoms with Crippen molar-refractivity contribution in [2.45, 2.75) is 96.1 Å². The number of piperazine rings is 1. The number of benzene rings is 2. The first kappa shape index (κ1) is 35.8. The van der Waals surface area contributed by atoms with Crippen molar-refractivity contribution in [3.63, 3.8) is 0 Å². The number of carbonyl (C=O) groups excluding carboxylic acids is 1. The lowest BCUT2D eigenvalue weighted by Crippen LogP contribution is -2.59. The molecule has 2 aromatic carbocycles. The van der Waals surface area contributed by atoms with E-state index in [1.165, 1.54) is 6.07 Å². The highest BCUT2D eigenvalue weighted by Gasteiger charge is 2.71. The van der Waals surface area contributed by atoms with Crippen LogP contribution < -0.4 is 9.64 Å². The van der Waals surface area contributed by atoms with Gasteiger partial charge >= 0.3 is 12.4 Å². The Kier molecular flexibility index (Phi) is 10.3. The summed E-state index contributed by atoms with van der Waals surface area (Å²) in [6.45, 7) is 13.2. The smallest absolute Gasteiger partial charge is 0.430 e. The van der Waals surface area contributed by atoms with Crippen LogP contribution in [0, 0.1) is 0 Å². The van der Waals surface area contributed by atoms with E-state index in [1.54, 1.807) is 11.8 Å². The highest BCUT2D eigenvalue weighted by Crippen LogP contribution is 2.50. The number of amides is 1. The molecule has 2 heterocycles. The van der Waals surface area contributed by atoms with Crippen molar-refractivity contribution in [2.24, 2.45) is 0 Å². The molecular weight excluding hydrogens is 614 g/mol. The standard InChI is InChI=1S/C33H43F6N4O3/c1-7-8-24-15-26(31(45,32(34,35)36)33(37,38)39)11-14-28(24)42-16-23(5)43(17-22(42)4)29(44)18-41-19-30(6,40-20-41)25-9-12-27(13-10-25)46-21(2)3/h9-15,21-23,45H,7-8,16-20H2,1-6H3/q-1/t22?,23-,30-/m0/s1. The molecule has 1 unspecified atom stereocenters. The minimum absolute atomic E-state index is 0.0631. The van der Waals surface area contributed by atoms with Crippen molar-refractivity contribution in [3.05, 3.63) is 64.5 Å². The maximum absolute atomic E-state index is 13.6. The zero-order valence-corrected chi connectivity index (χ0v) is 27.0. The van der Waals surface area contributed by atoms with Gasteiger partial charge in [0.15, 0.2) is 0 Å². The average molecular weight is 658 g/mol. The normalized spacial score (nSPS) is 23.3. The maximum Gasteiger partial charge on any atom is 0.430 e. The molecule has 4 rings (SSSR count). The predicted octanol–water partition coefficient (Wildman–Crippen LogP) is 6.73. The fourth-order valence-electron chi connectivity index (χ4n) is 6.38. The number of ether oxygens (including phenoxy) is 1. The first-order valence-electron chi connectivity index (χ1n) is 15.5. The first-order valence-corrected chi connectivity index (χ1v) is 15.5. The van der Waals surface area contributed by atoms with E-state index in [0.717, 1.165) is 17.4 Å². The number of nitrogens with zero attached hydrogens (tertiary/aromatic N) is 4. The molecule has 2 fully saturated rings. The van der Waals surface area contributed by atoms with E-state index in [0.29, 0.717) is 44.5 Å². The number of carbonyl (C=O) groups is 1. The quantitative estimate of drug-likeness (QED) is 0.303. The van der Waals surface area contributed by atoms with Gasteiger partial charge in [0.1, 0.15) is 5.75 Å². The molecule has 1 amide bonds. The lowest BCUT2D eigenvalue weighted by molar-refractivity contribution is -0.376. The Bertz CT molecular complexity index is 1350. The number of halogens is 6. The fourth-order valence-corrected chi connectivity index (χ4v) is 6.38. The van der Waals surface area contributed by atoms with Crippen LogP contribution in [0.4, 0.5) is 32.0 Å².